The topological polar surface area (TPSA) is 46.3 Å². The summed E-state index contributed by atoms with van der Waals surface area (Å²) in [4.78, 5) is 14.9. The highest BCUT2D eigenvalue weighted by Gasteiger charge is 2.36. The second-order valence-electron chi connectivity index (χ2n) is 7.47. The molecule has 1 aliphatic heterocycles. The lowest BCUT2D eigenvalue weighted by atomic mass is 9.79. The van der Waals surface area contributed by atoms with Crippen molar-refractivity contribution in [1.29, 1.82) is 0 Å². The molecule has 0 radical (unpaired) electrons. The van der Waals surface area contributed by atoms with Crippen LogP contribution in [0.1, 0.15) is 38.7 Å². The molecule has 0 spiro atoms. The third-order valence-corrected chi connectivity index (χ3v) is 5.27. The number of carbonyl (C=O) groups excluding carboxylic acids is 1. The van der Waals surface area contributed by atoms with E-state index in [1.807, 2.05) is 24.0 Å². The van der Waals surface area contributed by atoms with Crippen LogP contribution in [0.25, 0.3) is 10.8 Å². The Balaban J connectivity index is 1.81. The van der Waals surface area contributed by atoms with Gasteiger partial charge in [0.05, 0.1) is 5.92 Å². The van der Waals surface area contributed by atoms with Gasteiger partial charge in [-0.1, -0.05) is 56.3 Å². The number of hydrogen-bond donors (Lipinski definition) is 1. The number of rotatable bonds is 2. The van der Waals surface area contributed by atoms with Gasteiger partial charge < -0.3 is 10.6 Å². The predicted octanol–water partition coefficient (Wildman–Crippen LogP) is 3.53. The van der Waals surface area contributed by atoms with Crippen molar-refractivity contribution >= 4 is 16.7 Å². The van der Waals surface area contributed by atoms with Crippen LogP contribution in [-0.2, 0) is 4.79 Å². The van der Waals surface area contributed by atoms with Crippen molar-refractivity contribution in [3.05, 3.63) is 48.0 Å². The van der Waals surface area contributed by atoms with E-state index in [2.05, 4.69) is 44.2 Å². The maximum Gasteiger partial charge on any atom is 0.229 e. The zero-order valence-electron chi connectivity index (χ0n) is 14.3. The summed E-state index contributed by atoms with van der Waals surface area (Å²) in [6.45, 7) is 7.82. The lowest BCUT2D eigenvalue weighted by Gasteiger charge is -2.43. The number of carbonyl (C=O) groups is 1. The molecule has 122 valence electrons. The Bertz CT molecular complexity index is 722. The zero-order chi connectivity index (χ0) is 16.6. The van der Waals surface area contributed by atoms with Crippen molar-refractivity contribution < 1.29 is 4.79 Å². The van der Waals surface area contributed by atoms with E-state index in [1.54, 1.807) is 0 Å². The van der Waals surface area contributed by atoms with Crippen LogP contribution in [0.2, 0.25) is 0 Å². The molecule has 3 nitrogen and oxygen atoms in total. The molecule has 2 aromatic carbocycles. The largest absolute Gasteiger partial charge is 0.342 e. The molecule has 0 aromatic heterocycles. The minimum atomic E-state index is -0.121. The highest BCUT2D eigenvalue weighted by Crippen LogP contribution is 2.30. The van der Waals surface area contributed by atoms with Crippen molar-refractivity contribution in [1.82, 2.24) is 4.90 Å². The van der Waals surface area contributed by atoms with E-state index in [0.717, 1.165) is 25.1 Å². The average Bonchev–Trinajstić information content (AvgIpc) is 2.55. The van der Waals surface area contributed by atoms with E-state index in [0.29, 0.717) is 0 Å². The monoisotopic (exact) mass is 310 g/mol. The van der Waals surface area contributed by atoms with E-state index in [4.69, 9.17) is 5.73 Å². The van der Waals surface area contributed by atoms with Crippen molar-refractivity contribution in [2.24, 2.45) is 11.1 Å². The maximum absolute atomic E-state index is 12.9. The fraction of sp³-hybridized carbons (Fsp3) is 0.450. The number of fused-ring (bicyclic) bond motifs is 1. The van der Waals surface area contributed by atoms with Crippen LogP contribution in [0, 0.1) is 5.41 Å². The number of hydrogen-bond acceptors (Lipinski definition) is 2. The van der Waals surface area contributed by atoms with Crippen LogP contribution in [-0.4, -0.2) is 29.9 Å². The number of likely N-dealkylation sites (tertiary alicyclic amines) is 1. The van der Waals surface area contributed by atoms with E-state index >= 15 is 0 Å². The molecule has 3 rings (SSSR count). The molecule has 2 N–H and O–H groups in total. The summed E-state index contributed by atoms with van der Waals surface area (Å²) >= 11 is 0. The van der Waals surface area contributed by atoms with Gasteiger partial charge in [-0.25, -0.2) is 0 Å². The van der Waals surface area contributed by atoms with Crippen molar-refractivity contribution in [3.8, 4) is 0 Å². The maximum atomic E-state index is 12.9. The first-order valence-corrected chi connectivity index (χ1v) is 8.41. The Morgan fingerprint density at radius 2 is 1.91 bits per heavy atom. The molecule has 0 aliphatic carbocycles. The lowest BCUT2D eigenvalue weighted by molar-refractivity contribution is -0.135. The van der Waals surface area contributed by atoms with Gasteiger partial charge in [0.15, 0.2) is 0 Å². The molecule has 1 fully saturated rings. The molecule has 1 aliphatic rings. The van der Waals surface area contributed by atoms with E-state index in [-0.39, 0.29) is 23.3 Å². The molecular formula is C20H26N2O. The smallest absolute Gasteiger partial charge is 0.229 e. The molecule has 1 saturated heterocycles. The van der Waals surface area contributed by atoms with Crippen LogP contribution in [0.3, 0.4) is 0 Å². The SMILES string of the molecule is CC(C(=O)N1CCC(N)C(C)(C)C1)c1ccc2ccccc2c1. The summed E-state index contributed by atoms with van der Waals surface area (Å²) in [5, 5.41) is 2.40. The van der Waals surface area contributed by atoms with E-state index in [9.17, 15) is 4.79 Å². The molecule has 0 saturated carbocycles. The standard InChI is InChI=1S/C20H26N2O/c1-14(16-9-8-15-6-4-5-7-17(15)12-16)19(23)22-11-10-18(21)20(2,3)13-22/h4-9,12,14,18H,10-11,13,21H2,1-3H3. The normalized spacial score (nSPS) is 22.1. The Labute approximate surface area is 138 Å². The summed E-state index contributed by atoms with van der Waals surface area (Å²) in [5.41, 5.74) is 7.25. The quantitative estimate of drug-likeness (QED) is 0.922. The fourth-order valence-electron chi connectivity index (χ4n) is 3.46. The van der Waals surface area contributed by atoms with Crippen molar-refractivity contribution in [2.75, 3.05) is 13.1 Å². The molecule has 23 heavy (non-hydrogen) atoms. The molecule has 1 heterocycles. The van der Waals surface area contributed by atoms with Crippen molar-refractivity contribution in [2.45, 2.75) is 39.2 Å². The van der Waals surface area contributed by atoms with Crippen LogP contribution in [0.4, 0.5) is 0 Å². The first kappa shape index (κ1) is 16.0. The highest BCUT2D eigenvalue weighted by molar-refractivity contribution is 5.87. The van der Waals surface area contributed by atoms with Gasteiger partial charge >= 0.3 is 0 Å². The molecule has 3 heteroatoms. The molecule has 2 atom stereocenters. The van der Waals surface area contributed by atoms with Crippen LogP contribution < -0.4 is 5.73 Å². The Hall–Kier alpha value is -1.87. The number of benzene rings is 2. The lowest BCUT2D eigenvalue weighted by Crippen LogP contribution is -2.54. The van der Waals surface area contributed by atoms with E-state index in [1.165, 1.54) is 10.8 Å². The summed E-state index contributed by atoms with van der Waals surface area (Å²) < 4.78 is 0. The molecule has 1 amide bonds. The second-order valence-corrected chi connectivity index (χ2v) is 7.47. The minimum absolute atomic E-state index is 0.0169. The Kier molecular flexibility index (Phi) is 4.15. The summed E-state index contributed by atoms with van der Waals surface area (Å²) in [6.07, 6.45) is 0.878. The van der Waals surface area contributed by atoms with Crippen molar-refractivity contribution in [3.63, 3.8) is 0 Å². The first-order valence-electron chi connectivity index (χ1n) is 8.41. The van der Waals surface area contributed by atoms with Gasteiger partial charge in [0.1, 0.15) is 0 Å². The minimum Gasteiger partial charge on any atom is -0.342 e. The van der Waals surface area contributed by atoms with Gasteiger partial charge in [0.2, 0.25) is 5.91 Å². The molecular weight excluding hydrogens is 284 g/mol. The Morgan fingerprint density at radius 3 is 2.61 bits per heavy atom. The third-order valence-electron chi connectivity index (χ3n) is 5.27. The van der Waals surface area contributed by atoms with Crippen LogP contribution in [0.15, 0.2) is 42.5 Å². The predicted molar refractivity (Wildman–Crippen MR) is 95.3 cm³/mol. The third kappa shape index (κ3) is 3.11. The van der Waals surface area contributed by atoms with Gasteiger partial charge in [-0.05, 0) is 35.1 Å². The van der Waals surface area contributed by atoms with Gasteiger partial charge in [-0.3, -0.25) is 4.79 Å². The molecule has 0 bridgehead atoms. The second kappa shape index (κ2) is 5.97. The van der Waals surface area contributed by atoms with E-state index < -0.39 is 0 Å². The zero-order valence-corrected chi connectivity index (χ0v) is 14.3. The van der Waals surface area contributed by atoms with Gasteiger partial charge in [-0.2, -0.15) is 0 Å². The average molecular weight is 310 g/mol. The van der Waals surface area contributed by atoms with Crippen LogP contribution >= 0.6 is 0 Å². The summed E-state index contributed by atoms with van der Waals surface area (Å²) in [7, 11) is 0. The summed E-state index contributed by atoms with van der Waals surface area (Å²) in [5.74, 6) is 0.0880. The van der Waals surface area contributed by atoms with Crippen LogP contribution in [0.5, 0.6) is 0 Å². The number of nitrogens with zero attached hydrogens (tertiary/aromatic N) is 1. The molecule has 2 aromatic rings. The summed E-state index contributed by atoms with van der Waals surface area (Å²) in [6, 6.07) is 14.7. The number of piperidine rings is 1. The van der Waals surface area contributed by atoms with Gasteiger partial charge in [0, 0.05) is 19.1 Å². The number of amides is 1. The van der Waals surface area contributed by atoms with Gasteiger partial charge in [0.25, 0.3) is 0 Å². The fourth-order valence-corrected chi connectivity index (χ4v) is 3.46. The number of nitrogens with two attached hydrogens (primary N) is 1. The van der Waals surface area contributed by atoms with Gasteiger partial charge in [-0.15, -0.1) is 0 Å². The first-order chi connectivity index (χ1) is 10.9. The highest BCUT2D eigenvalue weighted by atomic mass is 16.2. The Morgan fingerprint density at radius 1 is 1.22 bits per heavy atom. The molecule has 2 unspecified atom stereocenters.